The summed E-state index contributed by atoms with van der Waals surface area (Å²) in [5, 5.41) is 5.46. The molecule has 0 saturated heterocycles. The normalized spacial score (nSPS) is 15.8. The van der Waals surface area contributed by atoms with Gasteiger partial charge in [-0.05, 0) is 37.3 Å². The fraction of sp³-hybridized carbons (Fsp3) is 0.150. The number of ether oxygens (including phenoxy) is 1. The molecule has 6 nitrogen and oxygen atoms in total. The van der Waals surface area contributed by atoms with E-state index < -0.39 is 6.10 Å². The van der Waals surface area contributed by atoms with Crippen molar-refractivity contribution < 1.29 is 14.3 Å². The summed E-state index contributed by atoms with van der Waals surface area (Å²) in [6.07, 6.45) is -0.505. The van der Waals surface area contributed by atoms with Crippen molar-refractivity contribution in [2.45, 2.75) is 13.0 Å². The number of halogens is 1. The summed E-state index contributed by atoms with van der Waals surface area (Å²) < 4.78 is 5.64. The van der Waals surface area contributed by atoms with E-state index in [1.807, 2.05) is 23.6 Å². The van der Waals surface area contributed by atoms with E-state index in [1.54, 1.807) is 43.1 Å². The number of carbonyl (C=O) groups excluding carboxylic acids is 2. The van der Waals surface area contributed by atoms with Crippen molar-refractivity contribution >= 4 is 45.6 Å². The zero-order chi connectivity index (χ0) is 19.8. The summed E-state index contributed by atoms with van der Waals surface area (Å²) in [4.78, 5) is 30.6. The zero-order valence-electron chi connectivity index (χ0n) is 15.1. The Morgan fingerprint density at radius 1 is 1.29 bits per heavy atom. The van der Waals surface area contributed by atoms with Gasteiger partial charge >= 0.3 is 0 Å². The Balaban J connectivity index is 1.58. The van der Waals surface area contributed by atoms with Gasteiger partial charge in [0.15, 0.2) is 11.2 Å². The van der Waals surface area contributed by atoms with Crippen LogP contribution in [-0.2, 0) is 4.79 Å². The van der Waals surface area contributed by atoms with Crippen molar-refractivity contribution in [3.05, 3.63) is 58.4 Å². The van der Waals surface area contributed by atoms with Crippen molar-refractivity contribution in [3.63, 3.8) is 0 Å². The van der Waals surface area contributed by atoms with Crippen LogP contribution in [0.2, 0.25) is 5.02 Å². The summed E-state index contributed by atoms with van der Waals surface area (Å²) >= 11 is 7.38. The molecule has 4 rings (SSSR count). The molecule has 1 N–H and O–H groups in total. The second-order valence-corrected chi connectivity index (χ2v) is 7.58. The molecule has 2 heterocycles. The average Bonchev–Trinajstić information content (AvgIpc) is 3.15. The Morgan fingerprint density at radius 2 is 2.07 bits per heavy atom. The van der Waals surface area contributed by atoms with Gasteiger partial charge in [0.1, 0.15) is 5.75 Å². The van der Waals surface area contributed by atoms with Gasteiger partial charge in [-0.15, -0.1) is 11.3 Å². The van der Waals surface area contributed by atoms with Gasteiger partial charge in [-0.1, -0.05) is 23.7 Å². The number of carbonyl (C=O) groups is 2. The molecule has 0 saturated carbocycles. The molecule has 1 unspecified atom stereocenters. The van der Waals surface area contributed by atoms with Crippen molar-refractivity contribution in [2.75, 3.05) is 17.3 Å². The maximum atomic E-state index is 12.4. The predicted molar refractivity (Wildman–Crippen MR) is 110 cm³/mol. The molecule has 2 amide bonds. The summed E-state index contributed by atoms with van der Waals surface area (Å²) in [6, 6.07) is 12.4. The fourth-order valence-corrected chi connectivity index (χ4v) is 3.88. The quantitative estimate of drug-likeness (QED) is 0.688. The van der Waals surface area contributed by atoms with Crippen molar-refractivity contribution in [1.82, 2.24) is 4.98 Å². The van der Waals surface area contributed by atoms with E-state index in [9.17, 15) is 9.59 Å². The van der Waals surface area contributed by atoms with E-state index in [0.29, 0.717) is 32.8 Å². The molecule has 3 aromatic rings. The molecule has 0 spiro atoms. The Kier molecular flexibility index (Phi) is 4.78. The first kappa shape index (κ1) is 18.5. The number of nitrogens with zero attached hydrogens (tertiary/aromatic N) is 2. The maximum Gasteiger partial charge on any atom is 0.267 e. The number of aromatic nitrogens is 1. The number of likely N-dealkylation sites (N-methyl/N-ethyl adjacent to an activating group) is 1. The lowest BCUT2D eigenvalue weighted by Gasteiger charge is -2.30. The number of benzene rings is 2. The largest absolute Gasteiger partial charge is 0.479 e. The number of thiazole rings is 1. The Labute approximate surface area is 170 Å². The van der Waals surface area contributed by atoms with E-state index in [0.717, 1.165) is 5.56 Å². The third-order valence-corrected chi connectivity index (χ3v) is 5.53. The molecule has 1 aliphatic rings. The Morgan fingerprint density at radius 3 is 2.86 bits per heavy atom. The van der Waals surface area contributed by atoms with Gasteiger partial charge in [0.05, 0.1) is 22.0 Å². The average molecular weight is 414 g/mol. The van der Waals surface area contributed by atoms with Crippen LogP contribution in [0.3, 0.4) is 0 Å². The first-order valence-corrected chi connectivity index (χ1v) is 9.80. The third-order valence-electron chi connectivity index (χ3n) is 4.44. The van der Waals surface area contributed by atoms with Crippen molar-refractivity contribution in [3.8, 4) is 17.0 Å². The second kappa shape index (κ2) is 7.26. The number of nitrogens with one attached hydrogen (secondary N) is 1. The number of amides is 2. The number of fused-ring (bicyclic) bond motifs is 1. The van der Waals surface area contributed by atoms with Crippen LogP contribution >= 0.6 is 22.9 Å². The van der Waals surface area contributed by atoms with Crippen LogP contribution in [0.5, 0.6) is 5.75 Å². The van der Waals surface area contributed by atoms with E-state index in [1.165, 1.54) is 11.3 Å². The van der Waals surface area contributed by atoms with Crippen LogP contribution in [0.25, 0.3) is 11.3 Å². The maximum absolute atomic E-state index is 12.4. The number of anilines is 2. The minimum atomic E-state index is -0.505. The minimum Gasteiger partial charge on any atom is -0.479 e. The van der Waals surface area contributed by atoms with Crippen LogP contribution in [-0.4, -0.2) is 29.9 Å². The number of hydrogen-bond acceptors (Lipinski definition) is 5. The topological polar surface area (TPSA) is 71.5 Å². The number of hydrogen-bond donors (Lipinski definition) is 1. The Bertz CT molecular complexity index is 1080. The highest BCUT2D eigenvalue weighted by Crippen LogP contribution is 2.37. The lowest BCUT2D eigenvalue weighted by Crippen LogP contribution is -2.41. The third kappa shape index (κ3) is 3.34. The van der Waals surface area contributed by atoms with E-state index in [4.69, 9.17) is 16.3 Å². The molecule has 1 aromatic heterocycles. The molecule has 2 aromatic carbocycles. The summed E-state index contributed by atoms with van der Waals surface area (Å²) in [6.45, 7) is 1.73. The molecular weight excluding hydrogens is 398 g/mol. The highest BCUT2D eigenvalue weighted by Gasteiger charge is 2.29. The van der Waals surface area contributed by atoms with Crippen molar-refractivity contribution in [2.24, 2.45) is 0 Å². The minimum absolute atomic E-state index is 0.101. The van der Waals surface area contributed by atoms with Crippen LogP contribution in [0, 0.1) is 0 Å². The van der Waals surface area contributed by atoms with Gasteiger partial charge in [0.2, 0.25) is 0 Å². The van der Waals surface area contributed by atoms with Gasteiger partial charge in [0.25, 0.3) is 11.8 Å². The molecule has 28 heavy (non-hydrogen) atoms. The molecule has 0 radical (unpaired) electrons. The zero-order valence-corrected chi connectivity index (χ0v) is 16.7. The molecular formula is C20H16ClN3O3S. The number of rotatable bonds is 3. The summed E-state index contributed by atoms with van der Waals surface area (Å²) in [7, 11) is 1.72. The lowest BCUT2D eigenvalue weighted by atomic mass is 10.1. The lowest BCUT2D eigenvalue weighted by molar-refractivity contribution is -0.125. The molecule has 1 aliphatic heterocycles. The van der Waals surface area contributed by atoms with E-state index in [-0.39, 0.29) is 11.8 Å². The first-order valence-electron chi connectivity index (χ1n) is 8.54. The van der Waals surface area contributed by atoms with Crippen LogP contribution in [0.15, 0.2) is 47.8 Å². The van der Waals surface area contributed by atoms with Gasteiger partial charge in [-0.2, -0.15) is 0 Å². The second-order valence-electron chi connectivity index (χ2n) is 6.31. The van der Waals surface area contributed by atoms with Gasteiger partial charge in [-0.25, -0.2) is 4.98 Å². The van der Waals surface area contributed by atoms with E-state index in [2.05, 4.69) is 10.3 Å². The SMILES string of the molecule is CC1Oc2ccc(-c3csc(NC(=O)c4ccccc4Cl)n3)cc2N(C)C1=O. The van der Waals surface area contributed by atoms with Crippen LogP contribution in [0.1, 0.15) is 17.3 Å². The van der Waals surface area contributed by atoms with Gasteiger partial charge in [0, 0.05) is 18.0 Å². The highest BCUT2D eigenvalue weighted by molar-refractivity contribution is 7.14. The van der Waals surface area contributed by atoms with Crippen molar-refractivity contribution in [1.29, 1.82) is 0 Å². The summed E-state index contributed by atoms with van der Waals surface area (Å²) in [5.74, 6) is 0.237. The van der Waals surface area contributed by atoms with E-state index >= 15 is 0 Å². The van der Waals surface area contributed by atoms with Crippen LogP contribution in [0.4, 0.5) is 10.8 Å². The highest BCUT2D eigenvalue weighted by atomic mass is 35.5. The monoisotopic (exact) mass is 413 g/mol. The Hall–Kier alpha value is -2.90. The molecule has 1 atom stereocenters. The molecule has 0 aliphatic carbocycles. The van der Waals surface area contributed by atoms with Gasteiger partial charge < -0.3 is 9.64 Å². The predicted octanol–water partition coefficient (Wildman–Crippen LogP) is 4.46. The molecule has 0 bridgehead atoms. The smallest absolute Gasteiger partial charge is 0.267 e. The molecule has 142 valence electrons. The first-order chi connectivity index (χ1) is 13.4. The van der Waals surface area contributed by atoms with Gasteiger partial charge in [-0.3, -0.25) is 14.9 Å². The van der Waals surface area contributed by atoms with Crippen LogP contribution < -0.4 is 15.0 Å². The standard InChI is InChI=1S/C20H16ClN3O3S/c1-11-19(26)24(2)16-9-12(7-8-17(16)27-11)15-10-28-20(22-15)23-18(25)13-5-3-4-6-14(13)21/h3-11H,1-2H3,(H,22,23,25). The summed E-state index contributed by atoms with van der Waals surface area (Å²) in [5.41, 5.74) is 2.60. The fourth-order valence-electron chi connectivity index (χ4n) is 2.94. The molecule has 8 heteroatoms. The molecule has 0 fully saturated rings.